The van der Waals surface area contributed by atoms with Crippen LogP contribution < -0.4 is 0 Å². The number of thiophene rings is 1. The van der Waals surface area contributed by atoms with Gasteiger partial charge in [0.2, 0.25) is 10.0 Å². The Morgan fingerprint density at radius 3 is 2.74 bits per heavy atom. The molecule has 1 aromatic heterocycles. The van der Waals surface area contributed by atoms with Crippen molar-refractivity contribution in [1.29, 1.82) is 0 Å². The topological polar surface area (TPSA) is 46.6 Å². The number of halogens is 1. The molecule has 2 aromatic rings. The minimum absolute atomic E-state index is 0.128. The van der Waals surface area contributed by atoms with Gasteiger partial charge in [-0.1, -0.05) is 18.2 Å². The lowest BCUT2D eigenvalue weighted by atomic mass is 10.2. The van der Waals surface area contributed by atoms with Gasteiger partial charge < -0.3 is 4.74 Å². The van der Waals surface area contributed by atoms with Crippen LogP contribution in [0.2, 0.25) is 0 Å². The van der Waals surface area contributed by atoms with Gasteiger partial charge in [0.05, 0.1) is 6.10 Å². The molecule has 1 fully saturated rings. The number of rotatable bonds is 6. The fourth-order valence-electron chi connectivity index (χ4n) is 2.63. The summed E-state index contributed by atoms with van der Waals surface area (Å²) in [5.41, 5.74) is 0. The van der Waals surface area contributed by atoms with Gasteiger partial charge in [-0.3, -0.25) is 0 Å². The zero-order valence-electron chi connectivity index (χ0n) is 12.5. The van der Waals surface area contributed by atoms with Crippen molar-refractivity contribution in [3.8, 4) is 0 Å². The normalized spacial score (nSPS) is 18.6. The second-order valence-electron chi connectivity index (χ2n) is 5.44. The van der Waals surface area contributed by atoms with E-state index in [0.29, 0.717) is 6.61 Å². The van der Waals surface area contributed by atoms with Crippen molar-refractivity contribution in [2.75, 3.05) is 13.2 Å². The van der Waals surface area contributed by atoms with Crippen LogP contribution in [-0.4, -0.2) is 32.0 Å². The first kappa shape index (κ1) is 16.6. The second-order valence-corrected chi connectivity index (χ2v) is 8.38. The Hall–Kier alpha value is -1.28. The van der Waals surface area contributed by atoms with E-state index in [0.717, 1.165) is 17.7 Å². The number of sulfonamides is 1. The second kappa shape index (κ2) is 7.09. The molecule has 1 aromatic carbocycles. The van der Waals surface area contributed by atoms with Gasteiger partial charge in [-0.25, -0.2) is 12.8 Å². The third-order valence-electron chi connectivity index (χ3n) is 3.80. The van der Waals surface area contributed by atoms with E-state index in [4.69, 9.17) is 4.74 Å². The van der Waals surface area contributed by atoms with Gasteiger partial charge >= 0.3 is 0 Å². The molecule has 124 valence electrons. The van der Waals surface area contributed by atoms with Gasteiger partial charge in [-0.05, 0) is 36.4 Å². The summed E-state index contributed by atoms with van der Waals surface area (Å²) < 4.78 is 46.7. The zero-order chi connectivity index (χ0) is 16.3. The Labute approximate surface area is 139 Å². The molecule has 3 rings (SSSR count). The van der Waals surface area contributed by atoms with Gasteiger partial charge in [0.1, 0.15) is 10.7 Å². The molecule has 7 heteroatoms. The average molecular weight is 355 g/mol. The summed E-state index contributed by atoms with van der Waals surface area (Å²) >= 11 is 1.48. The number of hydrogen-bond acceptors (Lipinski definition) is 4. The maximum Gasteiger partial charge on any atom is 0.246 e. The van der Waals surface area contributed by atoms with Crippen molar-refractivity contribution in [3.63, 3.8) is 0 Å². The highest BCUT2D eigenvalue weighted by Gasteiger charge is 2.31. The molecule has 1 unspecified atom stereocenters. The van der Waals surface area contributed by atoms with Crippen LogP contribution in [-0.2, 0) is 21.3 Å². The molecule has 0 radical (unpaired) electrons. The Bertz CT molecular complexity index is 740. The first-order valence-electron chi connectivity index (χ1n) is 7.46. The molecule has 0 bridgehead atoms. The van der Waals surface area contributed by atoms with Crippen molar-refractivity contribution in [1.82, 2.24) is 4.31 Å². The minimum atomic E-state index is -3.91. The molecular formula is C16H18FNO3S2. The van der Waals surface area contributed by atoms with E-state index in [1.807, 2.05) is 17.5 Å². The lowest BCUT2D eigenvalue weighted by Crippen LogP contribution is -2.37. The lowest BCUT2D eigenvalue weighted by Gasteiger charge is -2.24. The standard InChI is InChI=1S/C16H18FNO3S2/c17-15-7-1-2-8-16(15)23(19,20)18(11-13-5-3-9-21-13)12-14-6-4-10-22-14/h1-2,4,6-8,10,13H,3,5,9,11-12H2. The van der Waals surface area contributed by atoms with Gasteiger partial charge in [0.25, 0.3) is 0 Å². The maximum absolute atomic E-state index is 14.0. The predicted octanol–water partition coefficient (Wildman–Crippen LogP) is 3.26. The molecule has 2 heterocycles. The molecule has 4 nitrogen and oxygen atoms in total. The Balaban J connectivity index is 1.90. The van der Waals surface area contributed by atoms with E-state index in [9.17, 15) is 12.8 Å². The SMILES string of the molecule is O=S(=O)(c1ccccc1F)N(Cc1cccs1)CC1CCCO1. The van der Waals surface area contributed by atoms with Crippen LogP contribution in [0.1, 0.15) is 17.7 Å². The molecule has 1 aliphatic rings. The smallest absolute Gasteiger partial charge is 0.246 e. The van der Waals surface area contributed by atoms with E-state index < -0.39 is 15.8 Å². The monoisotopic (exact) mass is 355 g/mol. The summed E-state index contributed by atoms with van der Waals surface area (Å²) in [6.45, 7) is 1.13. The highest BCUT2D eigenvalue weighted by Crippen LogP contribution is 2.25. The Morgan fingerprint density at radius 2 is 2.09 bits per heavy atom. The summed E-state index contributed by atoms with van der Waals surface area (Å²) in [5, 5.41) is 1.90. The summed E-state index contributed by atoms with van der Waals surface area (Å²) in [4.78, 5) is 0.637. The van der Waals surface area contributed by atoms with Crippen LogP contribution in [0.4, 0.5) is 4.39 Å². The van der Waals surface area contributed by atoms with Crippen LogP contribution in [0.15, 0.2) is 46.7 Å². The Kier molecular flexibility index (Phi) is 5.11. The van der Waals surface area contributed by atoms with Crippen LogP contribution in [0, 0.1) is 5.82 Å². The van der Waals surface area contributed by atoms with Crippen LogP contribution in [0.5, 0.6) is 0 Å². The number of benzene rings is 1. The van der Waals surface area contributed by atoms with E-state index in [1.165, 1.54) is 39.9 Å². The van der Waals surface area contributed by atoms with Crippen molar-refractivity contribution < 1.29 is 17.5 Å². The largest absolute Gasteiger partial charge is 0.377 e. The van der Waals surface area contributed by atoms with Crippen molar-refractivity contribution in [2.24, 2.45) is 0 Å². The third-order valence-corrected chi connectivity index (χ3v) is 6.50. The Morgan fingerprint density at radius 1 is 1.26 bits per heavy atom. The molecule has 1 atom stereocenters. The highest BCUT2D eigenvalue weighted by molar-refractivity contribution is 7.89. The van der Waals surface area contributed by atoms with Crippen LogP contribution >= 0.6 is 11.3 Å². The van der Waals surface area contributed by atoms with Crippen LogP contribution in [0.25, 0.3) is 0 Å². The molecule has 1 aliphatic heterocycles. The first-order chi connectivity index (χ1) is 11.1. The molecule has 0 saturated carbocycles. The summed E-state index contributed by atoms with van der Waals surface area (Å²) in [6, 6.07) is 9.25. The zero-order valence-corrected chi connectivity index (χ0v) is 14.2. The average Bonchev–Trinajstić information content (AvgIpc) is 3.20. The first-order valence-corrected chi connectivity index (χ1v) is 9.78. The number of hydrogen-bond donors (Lipinski definition) is 0. The van der Waals surface area contributed by atoms with Crippen molar-refractivity contribution in [2.45, 2.75) is 30.4 Å². The summed E-state index contributed by atoms with van der Waals surface area (Å²) in [5.74, 6) is -0.726. The predicted molar refractivity (Wildman–Crippen MR) is 87.3 cm³/mol. The molecular weight excluding hydrogens is 337 g/mol. The lowest BCUT2D eigenvalue weighted by molar-refractivity contribution is 0.0927. The summed E-state index contributed by atoms with van der Waals surface area (Å²) in [7, 11) is -3.91. The van der Waals surface area contributed by atoms with Crippen LogP contribution in [0.3, 0.4) is 0 Å². The van der Waals surface area contributed by atoms with E-state index in [1.54, 1.807) is 0 Å². The third kappa shape index (κ3) is 3.80. The number of ether oxygens (including phenoxy) is 1. The van der Waals surface area contributed by atoms with Gasteiger partial charge in [-0.15, -0.1) is 11.3 Å². The highest BCUT2D eigenvalue weighted by atomic mass is 32.2. The summed E-state index contributed by atoms with van der Waals surface area (Å²) in [6.07, 6.45) is 1.63. The maximum atomic E-state index is 14.0. The molecule has 0 N–H and O–H groups in total. The fraction of sp³-hybridized carbons (Fsp3) is 0.375. The number of nitrogens with zero attached hydrogens (tertiary/aromatic N) is 1. The van der Waals surface area contributed by atoms with Gasteiger partial charge in [0, 0.05) is 24.6 Å². The molecule has 0 spiro atoms. The van der Waals surface area contributed by atoms with Crippen molar-refractivity contribution >= 4 is 21.4 Å². The van der Waals surface area contributed by atoms with E-state index >= 15 is 0 Å². The fourth-order valence-corrected chi connectivity index (χ4v) is 4.95. The van der Waals surface area contributed by atoms with Crippen molar-refractivity contribution in [3.05, 3.63) is 52.5 Å². The van der Waals surface area contributed by atoms with Gasteiger partial charge in [0.15, 0.2) is 0 Å². The molecule has 0 amide bonds. The van der Waals surface area contributed by atoms with Gasteiger partial charge in [-0.2, -0.15) is 4.31 Å². The quantitative estimate of drug-likeness (QED) is 0.799. The van der Waals surface area contributed by atoms with E-state index in [-0.39, 0.29) is 24.1 Å². The minimum Gasteiger partial charge on any atom is -0.377 e. The molecule has 0 aliphatic carbocycles. The molecule has 23 heavy (non-hydrogen) atoms. The molecule has 1 saturated heterocycles. The van der Waals surface area contributed by atoms with E-state index in [2.05, 4.69) is 0 Å².